The summed E-state index contributed by atoms with van der Waals surface area (Å²) in [6.07, 6.45) is 1.66. The lowest BCUT2D eigenvalue weighted by Gasteiger charge is -2.11. The number of nitrogens with zero attached hydrogens (tertiary/aromatic N) is 2. The molecule has 1 aromatic heterocycles. The highest BCUT2D eigenvalue weighted by molar-refractivity contribution is 7.90. The van der Waals surface area contributed by atoms with E-state index in [9.17, 15) is 8.42 Å². The molecule has 7 heteroatoms. The van der Waals surface area contributed by atoms with Crippen LogP contribution in [0.4, 0.5) is 0 Å². The Labute approximate surface area is 95.9 Å². The first-order chi connectivity index (χ1) is 7.38. The number of sulfonamides is 1. The van der Waals surface area contributed by atoms with Crippen LogP contribution >= 0.6 is 0 Å². The number of rotatable bonds is 5. The molecule has 1 aromatic rings. The molecule has 16 heavy (non-hydrogen) atoms. The minimum atomic E-state index is -3.33. The van der Waals surface area contributed by atoms with Crippen LogP contribution in [0, 0.1) is 6.92 Å². The zero-order valence-corrected chi connectivity index (χ0v) is 10.6. The van der Waals surface area contributed by atoms with E-state index in [1.807, 2.05) is 14.0 Å². The summed E-state index contributed by atoms with van der Waals surface area (Å²) in [5, 5.41) is 3.46. The average Bonchev–Trinajstić information content (AvgIpc) is 2.56. The largest absolute Gasteiger partial charge is 0.329 e. The topological polar surface area (TPSA) is 90.0 Å². The molecule has 1 heterocycles. The molecular formula is C9H18N4O2S. The molecule has 1 rings (SSSR count). The van der Waals surface area contributed by atoms with E-state index in [1.165, 1.54) is 0 Å². The first-order valence-electron chi connectivity index (χ1n) is 5.04. The summed E-state index contributed by atoms with van der Waals surface area (Å²) in [4.78, 5) is 0. The number of aromatic nitrogens is 2. The molecule has 1 atom stereocenters. The molecule has 92 valence electrons. The van der Waals surface area contributed by atoms with E-state index in [0.717, 1.165) is 11.3 Å². The molecule has 0 saturated carbocycles. The smallest absolute Gasteiger partial charge is 0.215 e. The fourth-order valence-corrected chi connectivity index (χ4v) is 2.06. The molecule has 0 saturated heterocycles. The normalized spacial score (nSPS) is 14.0. The second-order valence-electron chi connectivity index (χ2n) is 3.79. The number of aryl methyl sites for hydroxylation is 1. The van der Waals surface area contributed by atoms with Gasteiger partial charge in [-0.3, -0.25) is 4.68 Å². The molecule has 0 fully saturated rings. The SMILES string of the molecule is Cc1c(CNS(=O)(=O)C(C)CN)cnn1C. The fourth-order valence-electron chi connectivity index (χ4n) is 1.16. The monoisotopic (exact) mass is 246 g/mol. The Kier molecular flexibility index (Phi) is 4.06. The number of nitrogens with two attached hydrogens (primary N) is 1. The van der Waals surface area contributed by atoms with Gasteiger partial charge in [-0.2, -0.15) is 5.10 Å². The molecule has 3 N–H and O–H groups in total. The summed E-state index contributed by atoms with van der Waals surface area (Å²) in [5.74, 6) is 0. The highest BCUT2D eigenvalue weighted by Crippen LogP contribution is 2.06. The molecular weight excluding hydrogens is 228 g/mol. The standard InChI is InChI=1S/C9H18N4O2S/c1-7(4-10)16(14,15)12-6-9-5-11-13(3)8(9)2/h5,7,12H,4,6,10H2,1-3H3. The first-order valence-corrected chi connectivity index (χ1v) is 6.59. The molecule has 0 aliphatic rings. The lowest BCUT2D eigenvalue weighted by molar-refractivity contribution is 0.568. The quantitative estimate of drug-likeness (QED) is 0.732. The van der Waals surface area contributed by atoms with Crippen molar-refractivity contribution in [2.75, 3.05) is 6.54 Å². The van der Waals surface area contributed by atoms with Gasteiger partial charge in [0.1, 0.15) is 0 Å². The lowest BCUT2D eigenvalue weighted by atomic mass is 10.3. The second kappa shape index (κ2) is 4.94. The Morgan fingerprint density at radius 1 is 1.62 bits per heavy atom. The van der Waals surface area contributed by atoms with Gasteiger partial charge in [-0.15, -0.1) is 0 Å². The molecule has 0 spiro atoms. The summed E-state index contributed by atoms with van der Waals surface area (Å²) in [6.45, 7) is 3.84. The third-order valence-corrected chi connectivity index (χ3v) is 4.46. The van der Waals surface area contributed by atoms with Crippen molar-refractivity contribution in [3.63, 3.8) is 0 Å². The molecule has 0 amide bonds. The van der Waals surface area contributed by atoms with Gasteiger partial charge in [-0.05, 0) is 13.8 Å². The number of hydrogen-bond acceptors (Lipinski definition) is 4. The second-order valence-corrected chi connectivity index (χ2v) is 5.97. The van der Waals surface area contributed by atoms with Gasteiger partial charge in [-0.25, -0.2) is 13.1 Å². The summed E-state index contributed by atoms with van der Waals surface area (Å²) in [6, 6.07) is 0. The average molecular weight is 246 g/mol. The van der Waals surface area contributed by atoms with Crippen LogP contribution in [0.5, 0.6) is 0 Å². The van der Waals surface area contributed by atoms with E-state index in [0.29, 0.717) is 0 Å². The summed E-state index contributed by atoms with van der Waals surface area (Å²) < 4.78 is 27.5. The van der Waals surface area contributed by atoms with Gasteiger partial charge in [-0.1, -0.05) is 0 Å². The minimum absolute atomic E-state index is 0.112. The third-order valence-electron chi connectivity index (χ3n) is 2.66. The van der Waals surface area contributed by atoms with E-state index in [-0.39, 0.29) is 13.1 Å². The van der Waals surface area contributed by atoms with E-state index >= 15 is 0 Å². The van der Waals surface area contributed by atoms with Gasteiger partial charge in [0.15, 0.2) is 0 Å². The van der Waals surface area contributed by atoms with Crippen LogP contribution < -0.4 is 10.5 Å². The van der Waals surface area contributed by atoms with E-state index < -0.39 is 15.3 Å². The Morgan fingerprint density at radius 2 is 2.25 bits per heavy atom. The van der Waals surface area contributed by atoms with Gasteiger partial charge < -0.3 is 5.73 Å². The van der Waals surface area contributed by atoms with Crippen LogP contribution in [0.3, 0.4) is 0 Å². The lowest BCUT2D eigenvalue weighted by Crippen LogP contribution is -2.36. The zero-order valence-electron chi connectivity index (χ0n) is 9.77. The zero-order chi connectivity index (χ0) is 12.3. The summed E-state index contributed by atoms with van der Waals surface area (Å²) >= 11 is 0. The van der Waals surface area contributed by atoms with Crippen LogP contribution in [0.25, 0.3) is 0 Å². The van der Waals surface area contributed by atoms with Crippen LogP contribution in [0.1, 0.15) is 18.2 Å². The molecule has 1 unspecified atom stereocenters. The van der Waals surface area contributed by atoms with Crippen LogP contribution in [-0.4, -0.2) is 30.0 Å². The van der Waals surface area contributed by atoms with Crippen LogP contribution in [0.15, 0.2) is 6.20 Å². The minimum Gasteiger partial charge on any atom is -0.329 e. The molecule has 0 aliphatic carbocycles. The maximum absolute atomic E-state index is 11.6. The van der Waals surface area contributed by atoms with Crippen molar-refractivity contribution in [1.29, 1.82) is 0 Å². The molecule has 0 bridgehead atoms. The third kappa shape index (κ3) is 2.81. The van der Waals surface area contributed by atoms with Gasteiger partial charge in [0.05, 0.1) is 11.4 Å². The van der Waals surface area contributed by atoms with Gasteiger partial charge >= 0.3 is 0 Å². The van der Waals surface area contributed by atoms with E-state index in [2.05, 4.69) is 9.82 Å². The van der Waals surface area contributed by atoms with Crippen molar-refractivity contribution in [2.45, 2.75) is 25.6 Å². The Hall–Kier alpha value is -0.920. The molecule has 0 aliphatic heterocycles. The van der Waals surface area contributed by atoms with Crippen LogP contribution in [0.2, 0.25) is 0 Å². The maximum Gasteiger partial charge on any atom is 0.215 e. The van der Waals surface area contributed by atoms with Gasteiger partial charge in [0, 0.05) is 31.4 Å². The predicted molar refractivity (Wildman–Crippen MR) is 62.2 cm³/mol. The van der Waals surface area contributed by atoms with Crippen molar-refractivity contribution in [1.82, 2.24) is 14.5 Å². The summed E-state index contributed by atoms with van der Waals surface area (Å²) in [5.41, 5.74) is 7.14. The Bertz CT molecular complexity index is 452. The van der Waals surface area contributed by atoms with Gasteiger partial charge in [0.25, 0.3) is 0 Å². The number of nitrogens with one attached hydrogen (secondary N) is 1. The molecule has 6 nitrogen and oxygen atoms in total. The maximum atomic E-state index is 11.6. The van der Waals surface area contributed by atoms with Crippen molar-refractivity contribution in [3.05, 3.63) is 17.5 Å². The van der Waals surface area contributed by atoms with Gasteiger partial charge in [0.2, 0.25) is 10.0 Å². The van der Waals surface area contributed by atoms with E-state index in [1.54, 1.807) is 17.8 Å². The highest BCUT2D eigenvalue weighted by Gasteiger charge is 2.19. The van der Waals surface area contributed by atoms with Crippen molar-refractivity contribution < 1.29 is 8.42 Å². The Morgan fingerprint density at radius 3 is 2.69 bits per heavy atom. The summed E-state index contributed by atoms with van der Waals surface area (Å²) in [7, 11) is -1.51. The van der Waals surface area contributed by atoms with E-state index in [4.69, 9.17) is 5.73 Å². The predicted octanol–water partition coefficient (Wildman–Crippen LogP) is -0.505. The molecule has 0 aromatic carbocycles. The van der Waals surface area contributed by atoms with Crippen LogP contribution in [-0.2, 0) is 23.6 Å². The number of hydrogen-bond donors (Lipinski definition) is 2. The first kappa shape index (κ1) is 13.1. The van der Waals surface area contributed by atoms with Crippen molar-refractivity contribution >= 4 is 10.0 Å². The Balaban J connectivity index is 2.69. The van der Waals surface area contributed by atoms with Crippen molar-refractivity contribution in [3.8, 4) is 0 Å². The van der Waals surface area contributed by atoms with Crippen molar-refractivity contribution in [2.24, 2.45) is 12.8 Å². The molecule has 0 radical (unpaired) electrons. The highest BCUT2D eigenvalue weighted by atomic mass is 32.2. The fraction of sp³-hybridized carbons (Fsp3) is 0.667.